The molecule has 170 valence electrons. The molecule has 2 saturated heterocycles. The molecule has 2 aromatic rings. The number of hydrogen-bond donors (Lipinski definition) is 1. The Kier molecular flexibility index (Phi) is 6.19. The van der Waals surface area contributed by atoms with Crippen molar-refractivity contribution < 1.29 is 18.7 Å². The number of benzene rings is 1. The van der Waals surface area contributed by atoms with Crippen molar-refractivity contribution in [2.75, 3.05) is 67.7 Å². The second-order valence-electron chi connectivity index (χ2n) is 8.78. The Hall–Kier alpha value is -2.77. The van der Waals surface area contributed by atoms with E-state index in [0.29, 0.717) is 30.8 Å². The molecule has 1 saturated carbocycles. The monoisotopic (exact) mass is 437 g/mol. The van der Waals surface area contributed by atoms with E-state index in [1.165, 1.54) is 12.5 Å². The lowest BCUT2D eigenvalue weighted by atomic mass is 10.1. The van der Waals surface area contributed by atoms with Crippen molar-refractivity contribution in [2.24, 2.45) is 5.92 Å². The summed E-state index contributed by atoms with van der Waals surface area (Å²) in [5.74, 6) is 2.79. The molecule has 2 aliphatic heterocycles. The second kappa shape index (κ2) is 9.38. The first-order chi connectivity index (χ1) is 15.7. The van der Waals surface area contributed by atoms with Crippen LogP contribution in [0.1, 0.15) is 30.8 Å². The van der Waals surface area contributed by atoms with E-state index in [1.807, 2.05) is 18.2 Å². The molecule has 0 bridgehead atoms. The van der Waals surface area contributed by atoms with Gasteiger partial charge in [0.25, 0.3) is 0 Å². The lowest BCUT2D eigenvalue weighted by Gasteiger charge is -2.33. The zero-order valence-corrected chi connectivity index (χ0v) is 18.6. The molecule has 32 heavy (non-hydrogen) atoms. The smallest absolute Gasteiger partial charge is 0.248 e. The highest BCUT2D eigenvalue weighted by Gasteiger charge is 2.36. The number of carbonyl (C=O) groups is 1. The number of ether oxygens (including phenoxy) is 2. The molecule has 1 aromatic carbocycles. The largest absolute Gasteiger partial charge is 0.461 e. The van der Waals surface area contributed by atoms with Crippen molar-refractivity contribution in [1.29, 1.82) is 0 Å². The summed E-state index contributed by atoms with van der Waals surface area (Å²) in [5, 5.41) is 3.06. The zero-order chi connectivity index (χ0) is 21.9. The van der Waals surface area contributed by atoms with Gasteiger partial charge in [-0.1, -0.05) is 6.92 Å². The third-order valence-electron chi connectivity index (χ3n) is 6.49. The van der Waals surface area contributed by atoms with Crippen LogP contribution < -0.4 is 15.1 Å². The van der Waals surface area contributed by atoms with Crippen LogP contribution in [0.15, 0.2) is 40.8 Å². The quantitative estimate of drug-likeness (QED) is 0.695. The van der Waals surface area contributed by atoms with E-state index in [2.05, 4.69) is 34.2 Å². The van der Waals surface area contributed by atoms with E-state index < -0.39 is 0 Å². The molecule has 3 heterocycles. The average Bonchev–Trinajstić information content (AvgIpc) is 3.38. The number of hydrogen-bond acceptors (Lipinski definition) is 6. The van der Waals surface area contributed by atoms with E-state index in [1.54, 1.807) is 6.08 Å². The van der Waals surface area contributed by atoms with Crippen LogP contribution in [0.25, 0.3) is 6.08 Å². The minimum absolute atomic E-state index is 0.170. The van der Waals surface area contributed by atoms with Gasteiger partial charge in [-0.25, -0.2) is 0 Å². The third-order valence-corrected chi connectivity index (χ3v) is 6.49. The van der Waals surface area contributed by atoms with Crippen molar-refractivity contribution in [2.45, 2.75) is 19.3 Å². The van der Waals surface area contributed by atoms with Crippen LogP contribution in [0.3, 0.4) is 0 Å². The molecule has 7 heteroatoms. The molecule has 0 radical (unpaired) electrons. The molecule has 1 aromatic heterocycles. The molecule has 3 aliphatic rings. The third kappa shape index (κ3) is 4.84. The molecule has 2 atom stereocenters. The van der Waals surface area contributed by atoms with Crippen LogP contribution in [0.2, 0.25) is 0 Å². The van der Waals surface area contributed by atoms with E-state index in [-0.39, 0.29) is 5.91 Å². The van der Waals surface area contributed by atoms with Crippen LogP contribution >= 0.6 is 0 Å². The molecule has 1 amide bonds. The Balaban J connectivity index is 1.30. The lowest BCUT2D eigenvalue weighted by molar-refractivity contribution is -0.111. The predicted octanol–water partition coefficient (Wildman–Crippen LogP) is 3.73. The second-order valence-corrected chi connectivity index (χ2v) is 8.78. The highest BCUT2D eigenvalue weighted by molar-refractivity contribution is 6.04. The van der Waals surface area contributed by atoms with Gasteiger partial charge in [-0.2, -0.15) is 0 Å². The fourth-order valence-corrected chi connectivity index (χ4v) is 4.42. The molecular weight excluding hydrogens is 406 g/mol. The summed E-state index contributed by atoms with van der Waals surface area (Å²) in [6.07, 6.45) is 4.46. The van der Waals surface area contributed by atoms with Gasteiger partial charge in [0, 0.05) is 43.9 Å². The van der Waals surface area contributed by atoms with Crippen molar-refractivity contribution in [3.63, 3.8) is 0 Å². The van der Waals surface area contributed by atoms with Crippen LogP contribution in [0, 0.1) is 5.92 Å². The maximum atomic E-state index is 12.7. The molecule has 3 fully saturated rings. The molecular formula is C25H31N3O4. The summed E-state index contributed by atoms with van der Waals surface area (Å²) >= 11 is 0. The van der Waals surface area contributed by atoms with Crippen LogP contribution in [0.4, 0.5) is 17.1 Å². The van der Waals surface area contributed by atoms with Gasteiger partial charge in [0.15, 0.2) is 0 Å². The van der Waals surface area contributed by atoms with Crippen molar-refractivity contribution in [3.05, 3.63) is 47.9 Å². The minimum atomic E-state index is -0.170. The van der Waals surface area contributed by atoms with Gasteiger partial charge in [-0.3, -0.25) is 4.79 Å². The number of furan rings is 1. The SMILES string of the molecule is C[C@@H]1C[C@H]1c1ccc(/C=C\C(=O)Nc2ccc(N3CCOCC3)cc2N2CCOCC2)o1. The number of amides is 1. The topological polar surface area (TPSA) is 67.2 Å². The number of morpholine rings is 2. The van der Waals surface area contributed by atoms with Crippen molar-refractivity contribution in [1.82, 2.24) is 0 Å². The van der Waals surface area contributed by atoms with Gasteiger partial charge in [0.2, 0.25) is 5.91 Å². The van der Waals surface area contributed by atoms with Crippen molar-refractivity contribution in [3.8, 4) is 0 Å². The fraction of sp³-hybridized carbons (Fsp3) is 0.480. The van der Waals surface area contributed by atoms with Crippen LogP contribution in [-0.4, -0.2) is 58.5 Å². The molecule has 7 nitrogen and oxygen atoms in total. The number of carbonyl (C=O) groups excluding carboxylic acids is 1. The number of nitrogens with zero attached hydrogens (tertiary/aromatic N) is 2. The first-order valence-corrected chi connectivity index (χ1v) is 11.6. The molecule has 1 aliphatic carbocycles. The molecule has 5 rings (SSSR count). The Morgan fingerprint density at radius 2 is 1.69 bits per heavy atom. The van der Waals surface area contributed by atoms with E-state index in [9.17, 15) is 4.79 Å². The molecule has 0 unspecified atom stereocenters. The van der Waals surface area contributed by atoms with E-state index in [0.717, 1.165) is 62.2 Å². The Morgan fingerprint density at radius 3 is 2.38 bits per heavy atom. The van der Waals surface area contributed by atoms with E-state index in [4.69, 9.17) is 13.9 Å². The summed E-state index contributed by atoms with van der Waals surface area (Å²) in [6, 6.07) is 10.2. The van der Waals surface area contributed by atoms with Gasteiger partial charge in [0.1, 0.15) is 11.5 Å². The van der Waals surface area contributed by atoms with Gasteiger partial charge >= 0.3 is 0 Å². The number of rotatable bonds is 6. The summed E-state index contributed by atoms with van der Waals surface area (Å²) in [4.78, 5) is 17.3. The molecule has 0 spiro atoms. The first-order valence-electron chi connectivity index (χ1n) is 11.6. The maximum absolute atomic E-state index is 12.7. The molecule has 1 N–H and O–H groups in total. The standard InChI is InChI=1S/C25H31N3O4/c1-18-16-21(18)24-6-3-20(32-24)4-7-25(29)26-22-5-2-19(27-8-12-30-13-9-27)17-23(22)28-10-14-31-15-11-28/h2-7,17-18,21H,8-16H2,1H3,(H,26,29)/b7-4-/t18-,21-/m1/s1. The maximum Gasteiger partial charge on any atom is 0.248 e. The zero-order valence-electron chi connectivity index (χ0n) is 18.6. The Morgan fingerprint density at radius 1 is 1.00 bits per heavy atom. The van der Waals surface area contributed by atoms with Gasteiger partial charge in [-0.05, 0) is 48.7 Å². The normalized spacial score (nSPS) is 23.5. The fourth-order valence-electron chi connectivity index (χ4n) is 4.42. The number of nitrogens with one attached hydrogen (secondary N) is 1. The predicted molar refractivity (Wildman–Crippen MR) is 125 cm³/mol. The van der Waals surface area contributed by atoms with Crippen LogP contribution in [0.5, 0.6) is 0 Å². The summed E-state index contributed by atoms with van der Waals surface area (Å²) in [5.41, 5.74) is 2.99. The Labute approximate surface area is 189 Å². The lowest BCUT2D eigenvalue weighted by Crippen LogP contribution is -2.38. The summed E-state index contributed by atoms with van der Waals surface area (Å²) in [7, 11) is 0. The van der Waals surface area contributed by atoms with Crippen LogP contribution in [-0.2, 0) is 14.3 Å². The summed E-state index contributed by atoms with van der Waals surface area (Å²) < 4.78 is 16.9. The van der Waals surface area contributed by atoms with E-state index >= 15 is 0 Å². The minimum Gasteiger partial charge on any atom is -0.461 e. The number of anilines is 3. The first kappa shape index (κ1) is 21.1. The van der Waals surface area contributed by atoms with Gasteiger partial charge in [0.05, 0.1) is 37.8 Å². The summed E-state index contributed by atoms with van der Waals surface area (Å²) in [6.45, 7) is 8.45. The Bertz CT molecular complexity index is 973. The highest BCUT2D eigenvalue weighted by atomic mass is 16.5. The van der Waals surface area contributed by atoms with Gasteiger partial charge < -0.3 is 29.0 Å². The van der Waals surface area contributed by atoms with Gasteiger partial charge in [-0.15, -0.1) is 0 Å². The average molecular weight is 438 g/mol. The van der Waals surface area contributed by atoms with Crippen molar-refractivity contribution >= 4 is 29.0 Å². The highest BCUT2D eigenvalue weighted by Crippen LogP contribution is 2.47.